The van der Waals surface area contributed by atoms with Crippen LogP contribution in [0.3, 0.4) is 0 Å². The van der Waals surface area contributed by atoms with E-state index in [1.807, 2.05) is 11.8 Å². The van der Waals surface area contributed by atoms with E-state index in [4.69, 9.17) is 0 Å². The summed E-state index contributed by atoms with van der Waals surface area (Å²) in [5, 5.41) is 9.51. The summed E-state index contributed by atoms with van der Waals surface area (Å²) in [6.07, 6.45) is 63.8. The Morgan fingerprint density at radius 1 is 0.343 bits per heavy atom. The minimum atomic E-state index is -0.651. The van der Waals surface area contributed by atoms with E-state index in [1.54, 1.807) is 0 Å². The summed E-state index contributed by atoms with van der Waals surface area (Å²) in [6.45, 7) is 11.2. The molecule has 0 saturated heterocycles. The van der Waals surface area contributed by atoms with Crippen molar-refractivity contribution in [3.8, 4) is 0 Å². The molecule has 0 spiro atoms. The second-order valence-corrected chi connectivity index (χ2v) is 22.4. The summed E-state index contributed by atoms with van der Waals surface area (Å²) >= 11 is 0. The smallest absolute Gasteiger partial charge is 0.157 e. The molecule has 0 aliphatic carbocycles. The first-order chi connectivity index (χ1) is 32.7. The van der Waals surface area contributed by atoms with Gasteiger partial charge in [0.2, 0.25) is 0 Å². The van der Waals surface area contributed by atoms with Gasteiger partial charge in [-0.1, -0.05) is 297 Å². The molecule has 0 bridgehead atoms. The summed E-state index contributed by atoms with van der Waals surface area (Å²) in [5.41, 5.74) is 0. The maximum atomic E-state index is 13.2. The number of nitrogens with zero attached hydrogens (tertiary/aromatic N) is 2. The molecule has 402 valence electrons. The summed E-state index contributed by atoms with van der Waals surface area (Å²) in [7, 11) is 6.90. The van der Waals surface area contributed by atoms with Crippen LogP contribution in [0.5, 0.6) is 0 Å². The van der Waals surface area contributed by atoms with Gasteiger partial charge in [0.1, 0.15) is 6.04 Å². The Balaban J connectivity index is 0. The Labute approximate surface area is 423 Å². The highest BCUT2D eigenvalue weighted by molar-refractivity contribution is 6.06. The molecule has 0 fully saturated rings. The van der Waals surface area contributed by atoms with E-state index in [0.29, 0.717) is 25.9 Å². The van der Waals surface area contributed by atoms with Crippen molar-refractivity contribution in [2.24, 2.45) is 0 Å². The third-order valence-electron chi connectivity index (χ3n) is 14.5. The van der Waals surface area contributed by atoms with Gasteiger partial charge in [0.15, 0.2) is 11.6 Å². The summed E-state index contributed by atoms with van der Waals surface area (Å²) < 4.78 is 1.12. The highest BCUT2D eigenvalue weighted by Crippen LogP contribution is 2.19. The van der Waals surface area contributed by atoms with Crippen LogP contribution in [0.2, 0.25) is 0 Å². The zero-order valence-corrected chi connectivity index (χ0v) is 47.5. The van der Waals surface area contributed by atoms with Gasteiger partial charge in [-0.25, -0.2) is 0 Å². The molecule has 0 rings (SSSR count). The minimum Gasteiger partial charge on any atom is -0.395 e. The van der Waals surface area contributed by atoms with Crippen LogP contribution in [0.1, 0.15) is 336 Å². The number of carbonyl (C=O) groups excluding carboxylic acids is 2. The van der Waals surface area contributed by atoms with E-state index < -0.39 is 6.04 Å². The van der Waals surface area contributed by atoms with Gasteiger partial charge in [0, 0.05) is 19.4 Å². The van der Waals surface area contributed by atoms with Gasteiger partial charge < -0.3 is 9.59 Å². The number of unbranched alkanes of at least 4 members (excludes halogenated alkanes) is 43. The van der Waals surface area contributed by atoms with Crippen molar-refractivity contribution >= 4 is 11.6 Å². The van der Waals surface area contributed by atoms with Crippen LogP contribution >= 0.6 is 0 Å². The van der Waals surface area contributed by atoms with Crippen LogP contribution in [0.15, 0.2) is 0 Å². The third kappa shape index (κ3) is 54.4. The molecule has 0 aromatic carbocycles. The molecular formula is C62H127N2O3+. The molecule has 0 amide bonds. The van der Waals surface area contributed by atoms with Gasteiger partial charge in [-0.15, -0.1) is 0 Å². The van der Waals surface area contributed by atoms with E-state index in [1.165, 1.54) is 276 Å². The van der Waals surface area contributed by atoms with E-state index >= 15 is 0 Å². The lowest BCUT2D eigenvalue weighted by Crippen LogP contribution is -2.47. The lowest BCUT2D eigenvalue weighted by Gasteiger charge is -2.28. The largest absolute Gasteiger partial charge is 0.395 e. The Morgan fingerprint density at radius 2 is 0.552 bits per heavy atom. The number of likely N-dealkylation sites (N-methyl/N-ethyl adjacent to an activating group) is 1. The summed E-state index contributed by atoms with van der Waals surface area (Å²) in [5.74, 6) is 0.145. The zero-order chi connectivity index (χ0) is 49.6. The third-order valence-corrected chi connectivity index (χ3v) is 14.5. The predicted octanol–water partition coefficient (Wildman–Crippen LogP) is 19.3. The highest BCUT2D eigenvalue weighted by atomic mass is 16.3. The molecule has 67 heavy (non-hydrogen) atoms. The van der Waals surface area contributed by atoms with Crippen molar-refractivity contribution in [2.45, 2.75) is 342 Å². The first-order valence-corrected chi connectivity index (χ1v) is 30.9. The number of aliphatic hydroxyl groups excluding tert-OH is 1. The summed E-state index contributed by atoms with van der Waals surface area (Å²) in [4.78, 5) is 28.2. The van der Waals surface area contributed by atoms with Gasteiger partial charge in [-0.3, -0.25) is 14.5 Å². The molecule has 0 saturated carbocycles. The lowest BCUT2D eigenvalue weighted by molar-refractivity contribution is -0.870. The predicted molar refractivity (Wildman–Crippen MR) is 300 cm³/mol. The first kappa shape index (κ1) is 68.3. The Hall–Kier alpha value is -0.780. The maximum Gasteiger partial charge on any atom is 0.157 e. The molecule has 0 unspecified atom stereocenters. The van der Waals surface area contributed by atoms with Gasteiger partial charge in [-0.05, 0) is 32.2 Å². The number of ketones is 2. The van der Waals surface area contributed by atoms with Crippen LogP contribution in [0, 0.1) is 0 Å². The number of rotatable bonds is 55. The van der Waals surface area contributed by atoms with Crippen molar-refractivity contribution in [3.63, 3.8) is 0 Å². The topological polar surface area (TPSA) is 57.6 Å². The van der Waals surface area contributed by atoms with Gasteiger partial charge in [-0.2, -0.15) is 0 Å². The fourth-order valence-corrected chi connectivity index (χ4v) is 9.93. The number of carbonyl (C=O) groups is 2. The molecule has 0 heterocycles. The number of Topliss-reactive ketones (excluding diaryl/α,β-unsaturated/α-hetero) is 2. The normalized spacial score (nSPS) is 11.8. The first-order valence-electron chi connectivity index (χ1n) is 30.9. The molecule has 0 atom stereocenters. The molecule has 0 aromatic heterocycles. The summed E-state index contributed by atoms with van der Waals surface area (Å²) in [6, 6.07) is -0.651. The fourth-order valence-electron chi connectivity index (χ4n) is 9.93. The van der Waals surface area contributed by atoms with E-state index in [0.717, 1.165) is 30.2 Å². The molecule has 1 N–H and O–H groups in total. The van der Waals surface area contributed by atoms with Crippen molar-refractivity contribution in [1.29, 1.82) is 0 Å². The van der Waals surface area contributed by atoms with Crippen LogP contribution in [-0.4, -0.2) is 79.5 Å². The van der Waals surface area contributed by atoms with Crippen molar-refractivity contribution in [3.05, 3.63) is 0 Å². The Bertz CT molecular complexity index is 921. The second-order valence-electron chi connectivity index (χ2n) is 22.4. The molecule has 0 aliphatic rings. The molecular weight excluding hydrogens is 821 g/mol. The van der Waals surface area contributed by atoms with E-state index in [2.05, 4.69) is 41.9 Å². The number of aliphatic hydroxyl groups is 1. The maximum absolute atomic E-state index is 13.2. The molecule has 0 aliphatic heterocycles. The number of hydrogen-bond donors (Lipinski definition) is 1. The fraction of sp³-hybridized carbons (Fsp3) is 0.968. The van der Waals surface area contributed by atoms with Crippen LogP contribution in [0.25, 0.3) is 0 Å². The lowest BCUT2D eigenvalue weighted by atomic mass is 9.96. The molecule has 0 aromatic rings. The van der Waals surface area contributed by atoms with E-state index in [9.17, 15) is 14.7 Å². The number of quaternary nitrogens is 1. The van der Waals surface area contributed by atoms with Crippen LogP contribution in [-0.2, 0) is 9.59 Å². The number of hydrogen-bond acceptors (Lipinski definition) is 4. The van der Waals surface area contributed by atoms with E-state index in [-0.39, 0.29) is 18.2 Å². The quantitative estimate of drug-likeness (QED) is 0.0375. The standard InChI is InChI=1S/C37H73NO3.C25H54N/c1-4-7-9-11-13-15-17-19-21-23-25-27-29-31-35(40)37(38(6-3)33-34-39)36(41)32-30-28-26-24-22-20-18-16-14-12-10-8-5-2;1-5-6-7-8-9-10-11-12-13-14-15-16-17-18-19-20-21-22-23-24-25-26(2,3)4/h37,39H,4-34H2,1-3H3;5-25H2,1-4H3/q;+1. The average molecular weight is 949 g/mol. The van der Waals surface area contributed by atoms with Crippen molar-refractivity contribution in [2.75, 3.05) is 47.4 Å². The van der Waals surface area contributed by atoms with Crippen molar-refractivity contribution in [1.82, 2.24) is 4.90 Å². The van der Waals surface area contributed by atoms with Crippen LogP contribution in [0.4, 0.5) is 0 Å². The Morgan fingerprint density at radius 3 is 0.746 bits per heavy atom. The van der Waals surface area contributed by atoms with Crippen LogP contribution < -0.4 is 0 Å². The zero-order valence-electron chi connectivity index (χ0n) is 47.5. The average Bonchev–Trinajstić information content (AvgIpc) is 3.31. The van der Waals surface area contributed by atoms with Crippen molar-refractivity contribution < 1.29 is 19.2 Å². The molecule has 5 nitrogen and oxygen atoms in total. The van der Waals surface area contributed by atoms with Gasteiger partial charge >= 0.3 is 0 Å². The Kier molecular flexibility index (Phi) is 57.2. The van der Waals surface area contributed by atoms with Gasteiger partial charge in [0.05, 0.1) is 34.3 Å². The second kappa shape index (κ2) is 56.1. The SMILES string of the molecule is CCCCCCCCCCCCCCCC(=O)C(C(=O)CCCCCCCCCCCCCCC)N(CC)CCO.CCCCCCCCCCCCCCCCCCCCCC[N+](C)(C)C. The highest BCUT2D eigenvalue weighted by Gasteiger charge is 2.30. The monoisotopic (exact) mass is 948 g/mol. The minimum absolute atomic E-state index is 0.0115. The molecule has 0 radical (unpaired) electrons. The molecule has 5 heteroatoms. The van der Waals surface area contributed by atoms with Gasteiger partial charge in [0.25, 0.3) is 0 Å².